The quantitative estimate of drug-likeness (QED) is 0.278. The molecule has 0 aliphatic carbocycles. The molecule has 1 aromatic rings. The van der Waals surface area contributed by atoms with E-state index in [0.29, 0.717) is 49.5 Å². The molecule has 1 heterocycles. The average Bonchev–Trinajstić information content (AvgIpc) is 2.99. The number of methoxy groups -OCH3 is 1. The molecule has 0 amide bonds. The molecule has 1 rings (SSSR count). The van der Waals surface area contributed by atoms with Gasteiger partial charge in [0.2, 0.25) is 0 Å². The number of aromatic nitrogens is 1. The molecule has 2 N–H and O–H groups in total. The van der Waals surface area contributed by atoms with Crippen LogP contribution in [0.2, 0.25) is 0 Å². The van der Waals surface area contributed by atoms with E-state index in [4.69, 9.17) is 14.2 Å². The van der Waals surface area contributed by atoms with Gasteiger partial charge in [-0.25, -0.2) is 9.78 Å². The number of hydrogen-bond acceptors (Lipinski definition) is 7. The van der Waals surface area contributed by atoms with Crippen molar-refractivity contribution in [1.82, 2.24) is 15.6 Å². The van der Waals surface area contributed by atoms with Gasteiger partial charge in [-0.1, -0.05) is 0 Å². The summed E-state index contributed by atoms with van der Waals surface area (Å²) in [6.45, 7) is 8.24. The van der Waals surface area contributed by atoms with Crippen LogP contribution in [0.1, 0.15) is 40.3 Å². The largest absolute Gasteiger partial charge is 0.462 e. The standard InChI is InChI=1S/C16H28N4O4S/c1-6-24-15(21)13-11(2)19-14(25-13)12(3)20-16(17-4)18-7-8-23-10-9-22-5/h12H,6-10H2,1-5H3,(H2,17,18,20). The van der Waals surface area contributed by atoms with Gasteiger partial charge in [0.1, 0.15) is 9.88 Å². The highest BCUT2D eigenvalue weighted by molar-refractivity contribution is 7.13. The maximum Gasteiger partial charge on any atom is 0.350 e. The first kappa shape index (κ1) is 21.3. The summed E-state index contributed by atoms with van der Waals surface area (Å²) in [6, 6.07) is -0.0903. The fraction of sp³-hybridized carbons (Fsp3) is 0.688. The van der Waals surface area contributed by atoms with Crippen molar-refractivity contribution in [2.24, 2.45) is 4.99 Å². The van der Waals surface area contributed by atoms with Crippen LogP contribution in [0.3, 0.4) is 0 Å². The molecule has 142 valence electrons. The van der Waals surface area contributed by atoms with Crippen LogP contribution in [-0.4, -0.2) is 64.0 Å². The maximum atomic E-state index is 11.9. The Labute approximate surface area is 153 Å². The zero-order valence-electron chi connectivity index (χ0n) is 15.5. The predicted octanol–water partition coefficient (Wildman–Crippen LogP) is 1.52. The minimum Gasteiger partial charge on any atom is -0.462 e. The Morgan fingerprint density at radius 3 is 2.76 bits per heavy atom. The molecule has 8 nitrogen and oxygen atoms in total. The van der Waals surface area contributed by atoms with Crippen molar-refractivity contribution < 1.29 is 19.0 Å². The first-order valence-electron chi connectivity index (χ1n) is 8.21. The molecule has 25 heavy (non-hydrogen) atoms. The van der Waals surface area contributed by atoms with E-state index in [0.717, 1.165) is 5.01 Å². The van der Waals surface area contributed by atoms with Crippen LogP contribution in [0.15, 0.2) is 4.99 Å². The van der Waals surface area contributed by atoms with Gasteiger partial charge < -0.3 is 24.8 Å². The zero-order chi connectivity index (χ0) is 18.7. The number of rotatable bonds is 10. The molecule has 0 radical (unpaired) electrons. The number of ether oxygens (including phenoxy) is 3. The van der Waals surface area contributed by atoms with E-state index >= 15 is 0 Å². The molecule has 0 spiro atoms. The summed E-state index contributed by atoms with van der Waals surface area (Å²) < 4.78 is 15.4. The molecule has 0 fully saturated rings. The normalized spacial score (nSPS) is 12.8. The predicted molar refractivity (Wildman–Crippen MR) is 98.4 cm³/mol. The Balaban J connectivity index is 2.51. The average molecular weight is 372 g/mol. The highest BCUT2D eigenvalue weighted by Gasteiger charge is 2.19. The van der Waals surface area contributed by atoms with Crippen LogP contribution < -0.4 is 10.6 Å². The summed E-state index contributed by atoms with van der Waals surface area (Å²) in [7, 11) is 3.34. The van der Waals surface area contributed by atoms with Crippen LogP contribution in [0.4, 0.5) is 0 Å². The van der Waals surface area contributed by atoms with Crippen molar-refractivity contribution in [3.05, 3.63) is 15.6 Å². The summed E-state index contributed by atoms with van der Waals surface area (Å²) in [5.41, 5.74) is 0.682. The van der Waals surface area contributed by atoms with Crippen LogP contribution >= 0.6 is 11.3 Å². The van der Waals surface area contributed by atoms with Crippen LogP contribution in [-0.2, 0) is 14.2 Å². The highest BCUT2D eigenvalue weighted by Crippen LogP contribution is 2.24. The summed E-state index contributed by atoms with van der Waals surface area (Å²) in [5.74, 6) is 0.319. The summed E-state index contributed by atoms with van der Waals surface area (Å²) >= 11 is 1.34. The smallest absolute Gasteiger partial charge is 0.350 e. The number of carbonyl (C=O) groups excluding carboxylic acids is 1. The molecular weight excluding hydrogens is 344 g/mol. The van der Waals surface area contributed by atoms with Gasteiger partial charge in [-0.05, 0) is 20.8 Å². The number of nitrogens with one attached hydrogen (secondary N) is 2. The van der Waals surface area contributed by atoms with Gasteiger partial charge in [-0.3, -0.25) is 4.99 Å². The third-order valence-electron chi connectivity index (χ3n) is 3.19. The van der Waals surface area contributed by atoms with Crippen molar-refractivity contribution in [2.75, 3.05) is 47.1 Å². The lowest BCUT2D eigenvalue weighted by molar-refractivity contribution is 0.0531. The molecule has 1 aromatic heterocycles. The fourth-order valence-electron chi connectivity index (χ4n) is 1.94. The fourth-order valence-corrected chi connectivity index (χ4v) is 2.90. The number of aryl methyl sites for hydroxylation is 1. The SMILES string of the molecule is CCOC(=O)c1sc(C(C)NC(=NC)NCCOCCOC)nc1C. The first-order valence-corrected chi connectivity index (χ1v) is 9.03. The van der Waals surface area contributed by atoms with Gasteiger partial charge in [0, 0.05) is 20.7 Å². The summed E-state index contributed by atoms with van der Waals surface area (Å²) in [4.78, 5) is 21.1. The lowest BCUT2D eigenvalue weighted by atomic mass is 10.3. The second-order valence-corrected chi connectivity index (χ2v) is 6.19. The molecule has 1 atom stereocenters. The van der Waals surface area contributed by atoms with Crippen molar-refractivity contribution in [3.63, 3.8) is 0 Å². The molecule has 0 aliphatic heterocycles. The Morgan fingerprint density at radius 2 is 2.12 bits per heavy atom. The van der Waals surface area contributed by atoms with Crippen molar-refractivity contribution in [2.45, 2.75) is 26.8 Å². The minimum atomic E-state index is -0.327. The summed E-state index contributed by atoms with van der Waals surface area (Å²) in [6.07, 6.45) is 0. The molecular formula is C16H28N4O4S. The van der Waals surface area contributed by atoms with Crippen molar-refractivity contribution in [3.8, 4) is 0 Å². The number of nitrogens with zero attached hydrogens (tertiary/aromatic N) is 2. The molecule has 1 unspecified atom stereocenters. The monoisotopic (exact) mass is 372 g/mol. The van der Waals surface area contributed by atoms with E-state index in [2.05, 4.69) is 20.6 Å². The van der Waals surface area contributed by atoms with E-state index in [1.165, 1.54) is 11.3 Å². The number of esters is 1. The Kier molecular flexibility index (Phi) is 10.0. The molecule has 0 bridgehead atoms. The third kappa shape index (κ3) is 7.37. The van der Waals surface area contributed by atoms with Crippen LogP contribution in [0.5, 0.6) is 0 Å². The Bertz CT molecular complexity index is 562. The van der Waals surface area contributed by atoms with Gasteiger partial charge in [0.25, 0.3) is 0 Å². The van der Waals surface area contributed by atoms with Crippen molar-refractivity contribution in [1.29, 1.82) is 0 Å². The zero-order valence-corrected chi connectivity index (χ0v) is 16.4. The molecule has 0 aliphatic rings. The highest BCUT2D eigenvalue weighted by atomic mass is 32.1. The van der Waals surface area contributed by atoms with Gasteiger partial charge in [0.05, 0.1) is 38.2 Å². The van der Waals surface area contributed by atoms with Crippen LogP contribution in [0, 0.1) is 6.92 Å². The van der Waals surface area contributed by atoms with Gasteiger partial charge >= 0.3 is 5.97 Å². The Morgan fingerprint density at radius 1 is 1.36 bits per heavy atom. The molecule has 0 saturated carbocycles. The second-order valence-electron chi connectivity index (χ2n) is 5.16. The van der Waals surface area contributed by atoms with E-state index in [1.54, 1.807) is 21.1 Å². The summed E-state index contributed by atoms with van der Waals surface area (Å²) in [5, 5.41) is 7.23. The lowest BCUT2D eigenvalue weighted by Gasteiger charge is -2.16. The lowest BCUT2D eigenvalue weighted by Crippen LogP contribution is -2.40. The number of carbonyl (C=O) groups is 1. The third-order valence-corrected chi connectivity index (χ3v) is 4.51. The number of guanidine groups is 1. The number of hydrogen-bond donors (Lipinski definition) is 2. The van der Waals surface area contributed by atoms with Gasteiger partial charge in [-0.15, -0.1) is 11.3 Å². The van der Waals surface area contributed by atoms with E-state index < -0.39 is 0 Å². The number of aliphatic imine (C=N–C) groups is 1. The van der Waals surface area contributed by atoms with E-state index in [9.17, 15) is 4.79 Å². The van der Waals surface area contributed by atoms with E-state index in [1.807, 2.05) is 13.8 Å². The minimum absolute atomic E-state index is 0.0903. The topological polar surface area (TPSA) is 94.1 Å². The van der Waals surface area contributed by atoms with Gasteiger partial charge in [-0.2, -0.15) is 0 Å². The number of thiazole rings is 1. The Hall–Kier alpha value is -1.71. The molecule has 9 heteroatoms. The molecule has 0 saturated heterocycles. The first-order chi connectivity index (χ1) is 12.0. The van der Waals surface area contributed by atoms with Crippen LogP contribution in [0.25, 0.3) is 0 Å². The van der Waals surface area contributed by atoms with Gasteiger partial charge in [0.15, 0.2) is 5.96 Å². The van der Waals surface area contributed by atoms with E-state index in [-0.39, 0.29) is 12.0 Å². The molecule has 0 aromatic carbocycles. The maximum absolute atomic E-state index is 11.9. The van der Waals surface area contributed by atoms with Crippen molar-refractivity contribution >= 4 is 23.3 Å². The second kappa shape index (κ2) is 11.8.